The molecule has 0 saturated carbocycles. The standard InChI is InChI=1S/C15H18N2O6/c1-6-22-13(21)15(8-16)10(12(20)23-14(3,4)5)7-11(19)17(15)9(2)18/h7H,6H2,1-5H3. The highest BCUT2D eigenvalue weighted by Gasteiger charge is 2.60. The maximum atomic E-state index is 12.3. The second-order valence-electron chi connectivity index (χ2n) is 5.80. The minimum atomic E-state index is -2.47. The third-order valence-corrected chi connectivity index (χ3v) is 2.88. The van der Waals surface area contributed by atoms with Crippen molar-refractivity contribution in [1.29, 1.82) is 5.26 Å². The van der Waals surface area contributed by atoms with Crippen molar-refractivity contribution in [1.82, 2.24) is 4.90 Å². The molecule has 23 heavy (non-hydrogen) atoms. The lowest BCUT2D eigenvalue weighted by molar-refractivity contribution is -0.163. The molecule has 0 aromatic rings. The van der Waals surface area contributed by atoms with Crippen LogP contribution in [-0.4, -0.2) is 46.4 Å². The molecule has 124 valence electrons. The molecule has 0 aliphatic carbocycles. The van der Waals surface area contributed by atoms with E-state index in [1.54, 1.807) is 26.8 Å². The van der Waals surface area contributed by atoms with Crippen molar-refractivity contribution in [3.05, 3.63) is 11.6 Å². The van der Waals surface area contributed by atoms with E-state index < -0.39 is 40.5 Å². The molecule has 0 spiro atoms. The van der Waals surface area contributed by atoms with Gasteiger partial charge in [0.05, 0.1) is 12.2 Å². The van der Waals surface area contributed by atoms with Crippen molar-refractivity contribution in [2.45, 2.75) is 45.8 Å². The lowest BCUT2D eigenvalue weighted by Gasteiger charge is -2.30. The van der Waals surface area contributed by atoms with E-state index in [9.17, 15) is 24.4 Å². The molecule has 0 aromatic carbocycles. The summed E-state index contributed by atoms with van der Waals surface area (Å²) in [6.07, 6.45) is 0.760. The molecule has 8 heteroatoms. The number of amides is 2. The Morgan fingerprint density at radius 3 is 2.30 bits per heavy atom. The number of esters is 2. The summed E-state index contributed by atoms with van der Waals surface area (Å²) in [4.78, 5) is 48.8. The Labute approximate surface area is 133 Å². The van der Waals surface area contributed by atoms with Gasteiger partial charge in [0.2, 0.25) is 5.91 Å². The average Bonchev–Trinajstić information content (AvgIpc) is 2.71. The van der Waals surface area contributed by atoms with Gasteiger partial charge in [-0.25, -0.2) is 14.5 Å². The van der Waals surface area contributed by atoms with Gasteiger partial charge >= 0.3 is 11.9 Å². The van der Waals surface area contributed by atoms with Gasteiger partial charge in [0, 0.05) is 13.0 Å². The summed E-state index contributed by atoms with van der Waals surface area (Å²) < 4.78 is 9.93. The van der Waals surface area contributed by atoms with Gasteiger partial charge in [-0.1, -0.05) is 0 Å². The molecule has 0 aromatic heterocycles. The van der Waals surface area contributed by atoms with E-state index >= 15 is 0 Å². The third-order valence-electron chi connectivity index (χ3n) is 2.88. The summed E-state index contributed by atoms with van der Waals surface area (Å²) >= 11 is 0. The Hall–Kier alpha value is -2.69. The summed E-state index contributed by atoms with van der Waals surface area (Å²) in [7, 11) is 0. The first-order chi connectivity index (χ1) is 10.5. The van der Waals surface area contributed by atoms with E-state index in [0.29, 0.717) is 4.90 Å². The van der Waals surface area contributed by atoms with Gasteiger partial charge in [0.15, 0.2) is 0 Å². The van der Waals surface area contributed by atoms with E-state index in [-0.39, 0.29) is 6.61 Å². The Kier molecular flexibility index (Phi) is 4.95. The topological polar surface area (TPSA) is 114 Å². The summed E-state index contributed by atoms with van der Waals surface area (Å²) in [5.74, 6) is -4.03. The molecule has 1 atom stereocenters. The number of hydrogen-bond acceptors (Lipinski definition) is 7. The molecule has 0 N–H and O–H groups in total. The Bertz CT molecular complexity index is 637. The number of carbonyl (C=O) groups is 4. The van der Waals surface area contributed by atoms with Crippen LogP contribution in [0, 0.1) is 11.3 Å². The predicted octanol–water partition coefficient (Wildman–Crippen LogP) is 0.469. The number of carbonyl (C=O) groups excluding carboxylic acids is 4. The molecule has 0 radical (unpaired) electrons. The molecular weight excluding hydrogens is 304 g/mol. The average molecular weight is 322 g/mol. The second-order valence-corrected chi connectivity index (χ2v) is 5.80. The molecule has 1 heterocycles. The molecule has 1 aliphatic heterocycles. The van der Waals surface area contributed by atoms with Crippen LogP contribution in [0.5, 0.6) is 0 Å². The first kappa shape index (κ1) is 18.4. The van der Waals surface area contributed by atoms with Crippen molar-refractivity contribution in [2.24, 2.45) is 0 Å². The van der Waals surface area contributed by atoms with Crippen molar-refractivity contribution in [3.63, 3.8) is 0 Å². The maximum absolute atomic E-state index is 12.3. The van der Waals surface area contributed by atoms with Gasteiger partial charge in [-0.05, 0) is 27.7 Å². The highest BCUT2D eigenvalue weighted by atomic mass is 16.6. The number of ether oxygens (including phenoxy) is 2. The zero-order chi connectivity index (χ0) is 18.0. The summed E-state index contributed by atoms with van der Waals surface area (Å²) in [6.45, 7) is 7.17. The van der Waals surface area contributed by atoms with Gasteiger partial charge in [-0.15, -0.1) is 0 Å². The SMILES string of the molecule is CCOC(=O)C1(C#N)C(C(=O)OC(C)(C)C)=CC(=O)N1C(C)=O. The minimum absolute atomic E-state index is 0.0935. The molecule has 1 aliphatic rings. The Morgan fingerprint density at radius 2 is 1.91 bits per heavy atom. The van der Waals surface area contributed by atoms with Crippen LogP contribution < -0.4 is 0 Å². The largest absolute Gasteiger partial charge is 0.463 e. The van der Waals surface area contributed by atoms with Crippen LogP contribution in [0.2, 0.25) is 0 Å². The van der Waals surface area contributed by atoms with Gasteiger partial charge in [-0.2, -0.15) is 5.26 Å². The minimum Gasteiger partial charge on any atom is -0.463 e. The van der Waals surface area contributed by atoms with Gasteiger partial charge < -0.3 is 9.47 Å². The lowest BCUT2D eigenvalue weighted by Crippen LogP contribution is -2.57. The molecular formula is C15H18N2O6. The van der Waals surface area contributed by atoms with Gasteiger partial charge in [-0.3, -0.25) is 9.59 Å². The number of imide groups is 1. The van der Waals surface area contributed by atoms with Crippen LogP contribution in [0.3, 0.4) is 0 Å². The zero-order valence-electron chi connectivity index (χ0n) is 13.6. The van der Waals surface area contributed by atoms with Crippen LogP contribution in [0.1, 0.15) is 34.6 Å². The second kappa shape index (κ2) is 6.20. The summed E-state index contributed by atoms with van der Waals surface area (Å²) in [5.41, 5.74) is -3.92. The Morgan fingerprint density at radius 1 is 1.35 bits per heavy atom. The lowest BCUT2D eigenvalue weighted by atomic mass is 9.91. The number of rotatable bonds is 3. The van der Waals surface area contributed by atoms with Crippen LogP contribution in [0.25, 0.3) is 0 Å². The van der Waals surface area contributed by atoms with Crippen molar-refractivity contribution >= 4 is 23.8 Å². The highest BCUT2D eigenvalue weighted by Crippen LogP contribution is 2.34. The van der Waals surface area contributed by atoms with Crippen molar-refractivity contribution in [3.8, 4) is 6.07 Å². The molecule has 8 nitrogen and oxygen atoms in total. The fourth-order valence-corrected chi connectivity index (χ4v) is 2.10. The fraction of sp³-hybridized carbons (Fsp3) is 0.533. The summed E-state index contributed by atoms with van der Waals surface area (Å²) in [6, 6.07) is 1.58. The van der Waals surface area contributed by atoms with Crippen LogP contribution >= 0.6 is 0 Å². The highest BCUT2D eigenvalue weighted by molar-refractivity contribution is 6.19. The van der Waals surface area contributed by atoms with Gasteiger partial charge in [0.1, 0.15) is 11.7 Å². The normalized spacial score (nSPS) is 20.6. The first-order valence-corrected chi connectivity index (χ1v) is 6.90. The number of nitriles is 1. The molecule has 1 unspecified atom stereocenters. The molecule has 0 saturated heterocycles. The van der Waals surface area contributed by atoms with Crippen molar-refractivity contribution in [2.75, 3.05) is 6.61 Å². The van der Waals surface area contributed by atoms with E-state index in [0.717, 1.165) is 13.0 Å². The maximum Gasteiger partial charge on any atom is 0.352 e. The third kappa shape index (κ3) is 3.23. The van der Waals surface area contributed by atoms with Crippen LogP contribution in [-0.2, 0) is 28.7 Å². The van der Waals surface area contributed by atoms with E-state index in [4.69, 9.17) is 9.47 Å². The van der Waals surface area contributed by atoms with Crippen LogP contribution in [0.15, 0.2) is 11.6 Å². The van der Waals surface area contributed by atoms with E-state index in [1.165, 1.54) is 6.92 Å². The van der Waals surface area contributed by atoms with Crippen LogP contribution in [0.4, 0.5) is 0 Å². The molecule has 1 rings (SSSR count). The number of hydrogen-bond donors (Lipinski definition) is 0. The number of nitrogens with zero attached hydrogens (tertiary/aromatic N) is 2. The summed E-state index contributed by atoms with van der Waals surface area (Å²) in [5, 5.41) is 9.52. The molecule has 0 fully saturated rings. The first-order valence-electron chi connectivity index (χ1n) is 6.90. The smallest absolute Gasteiger partial charge is 0.352 e. The van der Waals surface area contributed by atoms with Crippen molar-refractivity contribution < 1.29 is 28.7 Å². The predicted molar refractivity (Wildman–Crippen MR) is 76.4 cm³/mol. The van der Waals surface area contributed by atoms with Gasteiger partial charge in [0.25, 0.3) is 11.4 Å². The zero-order valence-corrected chi connectivity index (χ0v) is 13.6. The molecule has 2 amide bonds. The quantitative estimate of drug-likeness (QED) is 0.694. The van der Waals surface area contributed by atoms with E-state index in [2.05, 4.69) is 0 Å². The monoisotopic (exact) mass is 322 g/mol. The Balaban J connectivity index is 3.48. The molecule has 0 bridgehead atoms. The fourth-order valence-electron chi connectivity index (χ4n) is 2.10. The van der Waals surface area contributed by atoms with E-state index in [1.807, 2.05) is 0 Å².